The van der Waals surface area contributed by atoms with Gasteiger partial charge in [0.25, 0.3) is 0 Å². The van der Waals surface area contributed by atoms with Gasteiger partial charge in [0.1, 0.15) is 18.5 Å². The Balaban J connectivity index is 2.22. The number of hydrogen-bond donors (Lipinski definition) is 2. The molecule has 0 bridgehead atoms. The normalized spacial score (nSPS) is 14.1. The number of aryl methyl sites for hydroxylation is 1. The first-order valence-electron chi connectivity index (χ1n) is 6.79. The Bertz CT molecular complexity index is 401. The van der Waals surface area contributed by atoms with Gasteiger partial charge in [-0.2, -0.15) is 0 Å². The van der Waals surface area contributed by atoms with Gasteiger partial charge in [-0.1, -0.05) is 18.5 Å². The average Bonchev–Trinajstić information content (AvgIpc) is 2.40. The Kier molecular flexibility index (Phi) is 7.92. The highest BCUT2D eigenvalue weighted by atomic mass is 35.5. The minimum absolute atomic E-state index is 0.257. The minimum atomic E-state index is -0.541. The molecule has 0 radical (unpaired) electrons. The van der Waals surface area contributed by atoms with E-state index in [1.807, 2.05) is 13.0 Å². The van der Waals surface area contributed by atoms with Crippen molar-refractivity contribution in [1.29, 1.82) is 0 Å². The molecule has 0 heterocycles. The second-order valence-corrected chi connectivity index (χ2v) is 5.50. The summed E-state index contributed by atoms with van der Waals surface area (Å²) in [5.41, 5.74) is 0.963. The number of hydrogen-bond acceptors (Lipinski definition) is 4. The van der Waals surface area contributed by atoms with Crippen molar-refractivity contribution in [1.82, 2.24) is 5.32 Å². The molecule has 0 aliphatic rings. The number of rotatable bonds is 9. The summed E-state index contributed by atoms with van der Waals surface area (Å²) in [6.45, 7) is 6.29. The number of aliphatic hydroxyl groups excluding tert-OH is 1. The summed E-state index contributed by atoms with van der Waals surface area (Å²) in [6.07, 6.45) is -0.541. The van der Waals surface area contributed by atoms with Gasteiger partial charge in [-0.15, -0.1) is 0 Å². The quantitative estimate of drug-likeness (QED) is 0.734. The van der Waals surface area contributed by atoms with Crippen molar-refractivity contribution in [3.8, 4) is 5.75 Å². The molecule has 20 heavy (non-hydrogen) atoms. The molecule has 0 aliphatic heterocycles. The highest BCUT2D eigenvalue weighted by molar-refractivity contribution is 6.31. The van der Waals surface area contributed by atoms with E-state index >= 15 is 0 Å². The van der Waals surface area contributed by atoms with Crippen molar-refractivity contribution >= 4 is 11.6 Å². The van der Waals surface area contributed by atoms with Gasteiger partial charge < -0.3 is 19.9 Å². The van der Waals surface area contributed by atoms with Crippen LogP contribution in [-0.2, 0) is 4.74 Å². The monoisotopic (exact) mass is 301 g/mol. The molecule has 114 valence electrons. The lowest BCUT2D eigenvalue weighted by molar-refractivity contribution is 0.102. The Hall–Kier alpha value is -0.810. The molecule has 0 saturated heterocycles. The molecule has 1 rings (SSSR count). The summed E-state index contributed by atoms with van der Waals surface area (Å²) in [5.74, 6) is 1.14. The van der Waals surface area contributed by atoms with Gasteiger partial charge in [-0.05, 0) is 43.1 Å². The van der Waals surface area contributed by atoms with E-state index < -0.39 is 6.10 Å². The van der Waals surface area contributed by atoms with Crippen LogP contribution in [0.1, 0.15) is 12.5 Å². The minimum Gasteiger partial charge on any atom is -0.491 e. The van der Waals surface area contributed by atoms with Crippen LogP contribution in [0.15, 0.2) is 18.2 Å². The summed E-state index contributed by atoms with van der Waals surface area (Å²) < 4.78 is 10.6. The van der Waals surface area contributed by atoms with E-state index in [1.165, 1.54) is 0 Å². The molecule has 0 spiro atoms. The van der Waals surface area contributed by atoms with E-state index in [0.29, 0.717) is 24.1 Å². The zero-order valence-corrected chi connectivity index (χ0v) is 13.1. The van der Waals surface area contributed by atoms with Gasteiger partial charge >= 0.3 is 0 Å². The van der Waals surface area contributed by atoms with Crippen LogP contribution in [0, 0.1) is 12.8 Å². The Morgan fingerprint density at radius 2 is 2.05 bits per heavy atom. The topological polar surface area (TPSA) is 50.7 Å². The maximum Gasteiger partial charge on any atom is 0.119 e. The van der Waals surface area contributed by atoms with Gasteiger partial charge in [0.2, 0.25) is 0 Å². The molecular weight excluding hydrogens is 278 g/mol. The maximum absolute atomic E-state index is 9.83. The zero-order valence-electron chi connectivity index (χ0n) is 12.4. The number of nitrogens with one attached hydrogen (secondary N) is 1. The van der Waals surface area contributed by atoms with Gasteiger partial charge in [0, 0.05) is 25.3 Å². The van der Waals surface area contributed by atoms with Crippen LogP contribution < -0.4 is 10.1 Å². The fourth-order valence-electron chi connectivity index (χ4n) is 1.80. The molecule has 2 unspecified atom stereocenters. The van der Waals surface area contributed by atoms with Crippen LogP contribution in [0.2, 0.25) is 5.02 Å². The van der Waals surface area contributed by atoms with Gasteiger partial charge in [-0.25, -0.2) is 0 Å². The molecular formula is C15H24ClNO3. The molecule has 2 atom stereocenters. The molecule has 0 aliphatic carbocycles. The fraction of sp³-hybridized carbons (Fsp3) is 0.600. The lowest BCUT2D eigenvalue weighted by Gasteiger charge is -2.16. The summed E-state index contributed by atoms with van der Waals surface area (Å²) in [4.78, 5) is 0. The summed E-state index contributed by atoms with van der Waals surface area (Å²) in [5, 5.41) is 13.7. The molecule has 5 heteroatoms. The molecule has 4 nitrogen and oxygen atoms in total. The highest BCUT2D eigenvalue weighted by Gasteiger charge is 2.07. The first kappa shape index (κ1) is 17.2. The SMILES string of the molecule is COCC(C)CNCC(O)COc1ccc(Cl)c(C)c1. The molecule has 0 saturated carbocycles. The number of aliphatic hydroxyl groups is 1. The van der Waals surface area contributed by atoms with Gasteiger partial charge in [-0.3, -0.25) is 0 Å². The number of methoxy groups -OCH3 is 1. The van der Waals surface area contributed by atoms with Gasteiger partial charge in [0.05, 0.1) is 0 Å². The Morgan fingerprint density at radius 3 is 2.70 bits per heavy atom. The largest absolute Gasteiger partial charge is 0.491 e. The maximum atomic E-state index is 9.83. The predicted octanol–water partition coefficient (Wildman–Crippen LogP) is 2.26. The molecule has 2 N–H and O–H groups in total. The van der Waals surface area contributed by atoms with Crippen molar-refractivity contribution in [2.75, 3.05) is 33.4 Å². The van der Waals surface area contributed by atoms with Crippen molar-refractivity contribution in [2.24, 2.45) is 5.92 Å². The fourth-order valence-corrected chi connectivity index (χ4v) is 1.92. The third-order valence-corrected chi connectivity index (χ3v) is 3.32. The molecule has 1 aromatic rings. The van der Waals surface area contributed by atoms with E-state index in [1.54, 1.807) is 19.2 Å². The van der Waals surface area contributed by atoms with E-state index in [0.717, 1.165) is 17.9 Å². The predicted molar refractivity (Wildman–Crippen MR) is 81.6 cm³/mol. The first-order chi connectivity index (χ1) is 9.52. The van der Waals surface area contributed by atoms with E-state index in [-0.39, 0.29) is 6.61 Å². The lowest BCUT2D eigenvalue weighted by Crippen LogP contribution is -2.34. The van der Waals surface area contributed by atoms with Crippen LogP contribution in [0.4, 0.5) is 0 Å². The van der Waals surface area contributed by atoms with Crippen LogP contribution >= 0.6 is 11.6 Å². The number of halogens is 1. The summed E-state index contributed by atoms with van der Waals surface area (Å²) in [7, 11) is 1.69. The van der Waals surface area contributed by atoms with Crippen molar-refractivity contribution in [3.05, 3.63) is 28.8 Å². The zero-order chi connectivity index (χ0) is 15.0. The number of benzene rings is 1. The van der Waals surface area contributed by atoms with Crippen molar-refractivity contribution < 1.29 is 14.6 Å². The third kappa shape index (κ3) is 6.57. The molecule has 0 aromatic heterocycles. The molecule has 0 fully saturated rings. The second kappa shape index (κ2) is 9.19. The van der Waals surface area contributed by atoms with Crippen LogP contribution in [0.3, 0.4) is 0 Å². The second-order valence-electron chi connectivity index (χ2n) is 5.09. The smallest absolute Gasteiger partial charge is 0.119 e. The van der Waals surface area contributed by atoms with Crippen LogP contribution in [-0.4, -0.2) is 44.6 Å². The van der Waals surface area contributed by atoms with E-state index in [9.17, 15) is 5.11 Å². The van der Waals surface area contributed by atoms with Crippen molar-refractivity contribution in [2.45, 2.75) is 20.0 Å². The third-order valence-electron chi connectivity index (χ3n) is 2.90. The highest BCUT2D eigenvalue weighted by Crippen LogP contribution is 2.20. The van der Waals surface area contributed by atoms with E-state index in [2.05, 4.69) is 12.2 Å². The lowest BCUT2D eigenvalue weighted by atomic mass is 10.2. The Morgan fingerprint density at radius 1 is 1.30 bits per heavy atom. The van der Waals surface area contributed by atoms with Gasteiger partial charge in [0.15, 0.2) is 0 Å². The van der Waals surface area contributed by atoms with Crippen molar-refractivity contribution in [3.63, 3.8) is 0 Å². The standard InChI is InChI=1S/C15H24ClNO3/c1-11(9-19-3)7-17-8-13(18)10-20-14-4-5-15(16)12(2)6-14/h4-6,11,13,17-18H,7-10H2,1-3H3. The Labute approximate surface area is 126 Å². The summed E-state index contributed by atoms with van der Waals surface area (Å²) in [6, 6.07) is 5.46. The number of ether oxygens (including phenoxy) is 2. The average molecular weight is 302 g/mol. The van der Waals surface area contributed by atoms with Crippen LogP contribution in [0.25, 0.3) is 0 Å². The van der Waals surface area contributed by atoms with Crippen LogP contribution in [0.5, 0.6) is 5.75 Å². The van der Waals surface area contributed by atoms with E-state index in [4.69, 9.17) is 21.1 Å². The molecule has 0 amide bonds. The summed E-state index contributed by atoms with van der Waals surface area (Å²) >= 11 is 5.94. The first-order valence-corrected chi connectivity index (χ1v) is 7.17. The molecule has 1 aromatic carbocycles.